The van der Waals surface area contributed by atoms with Crippen LogP contribution >= 0.6 is 0 Å². The molecule has 0 bridgehead atoms. The van der Waals surface area contributed by atoms with Crippen LogP contribution in [0.1, 0.15) is 26.2 Å². The molecule has 0 saturated carbocycles. The van der Waals surface area contributed by atoms with Crippen molar-refractivity contribution in [3.8, 4) is 0 Å². The van der Waals surface area contributed by atoms with E-state index in [0.717, 1.165) is 0 Å². The van der Waals surface area contributed by atoms with Gasteiger partial charge >= 0.3 is 0 Å². The molecule has 2 amide bonds. The Morgan fingerprint density at radius 2 is 1.81 bits per heavy atom. The molecule has 88 valence electrons. The predicted octanol–water partition coefficient (Wildman–Crippen LogP) is 0.708. The molecule has 2 rings (SSSR count). The van der Waals surface area contributed by atoms with Crippen LogP contribution < -0.4 is 0 Å². The van der Waals surface area contributed by atoms with E-state index in [0.29, 0.717) is 25.8 Å². The molecule has 1 N–H and O–H groups in total. The molecule has 2 aliphatic rings. The van der Waals surface area contributed by atoms with Gasteiger partial charge in [0.1, 0.15) is 0 Å². The highest BCUT2D eigenvalue weighted by atomic mass is 16.3. The number of carbonyl (C=O) groups excluding carboxylic acids is 2. The van der Waals surface area contributed by atoms with E-state index in [4.69, 9.17) is 0 Å². The third kappa shape index (κ3) is 1.89. The van der Waals surface area contributed by atoms with Crippen molar-refractivity contribution in [1.82, 2.24) is 4.90 Å². The van der Waals surface area contributed by atoms with Crippen LogP contribution in [0.2, 0.25) is 0 Å². The van der Waals surface area contributed by atoms with Gasteiger partial charge in [0, 0.05) is 6.54 Å². The Hall–Kier alpha value is -1.16. The Balaban J connectivity index is 2.06. The van der Waals surface area contributed by atoms with E-state index in [1.54, 1.807) is 6.92 Å². The van der Waals surface area contributed by atoms with Crippen molar-refractivity contribution in [2.45, 2.75) is 32.3 Å². The number of allylic oxidation sites excluding steroid dienone is 2. The van der Waals surface area contributed by atoms with Crippen molar-refractivity contribution in [1.29, 1.82) is 0 Å². The summed E-state index contributed by atoms with van der Waals surface area (Å²) in [5.74, 6) is -0.405. The van der Waals surface area contributed by atoms with Gasteiger partial charge < -0.3 is 5.11 Å². The van der Waals surface area contributed by atoms with Crippen LogP contribution in [0.4, 0.5) is 0 Å². The Morgan fingerprint density at radius 3 is 2.25 bits per heavy atom. The summed E-state index contributed by atoms with van der Waals surface area (Å²) in [6.45, 7) is 2.02. The molecule has 1 fully saturated rings. The van der Waals surface area contributed by atoms with E-state index in [1.165, 1.54) is 4.90 Å². The minimum atomic E-state index is -0.471. The zero-order chi connectivity index (χ0) is 11.7. The Bertz CT molecular complexity index is 309. The van der Waals surface area contributed by atoms with Gasteiger partial charge in [-0.25, -0.2) is 0 Å². The molecule has 0 spiro atoms. The van der Waals surface area contributed by atoms with Crippen molar-refractivity contribution in [3.05, 3.63) is 12.2 Å². The fourth-order valence-electron chi connectivity index (χ4n) is 2.41. The SMILES string of the molecule is CC(O)CCN1C(=O)C2CC=CCC2C1=O. The highest BCUT2D eigenvalue weighted by Crippen LogP contribution is 2.34. The molecule has 0 aromatic heterocycles. The summed E-state index contributed by atoms with van der Waals surface area (Å²) in [5.41, 5.74) is 0. The molecule has 4 nitrogen and oxygen atoms in total. The summed E-state index contributed by atoms with van der Waals surface area (Å²) in [5, 5.41) is 9.18. The fourth-order valence-corrected chi connectivity index (χ4v) is 2.41. The standard InChI is InChI=1S/C12H17NO3/c1-8(14)6-7-13-11(15)9-4-2-3-5-10(9)12(13)16/h2-3,8-10,14H,4-7H2,1H3. The Kier molecular flexibility index (Phi) is 3.10. The van der Waals surface area contributed by atoms with Crippen molar-refractivity contribution in [3.63, 3.8) is 0 Å². The summed E-state index contributed by atoms with van der Waals surface area (Å²) in [6.07, 6.45) is 5.31. The van der Waals surface area contributed by atoms with Crippen LogP contribution in [-0.2, 0) is 9.59 Å². The lowest BCUT2D eigenvalue weighted by Crippen LogP contribution is -2.33. The topological polar surface area (TPSA) is 57.6 Å². The monoisotopic (exact) mass is 223 g/mol. The summed E-state index contributed by atoms with van der Waals surface area (Å²) in [7, 11) is 0. The van der Waals surface area contributed by atoms with Crippen molar-refractivity contribution in [2.24, 2.45) is 11.8 Å². The Labute approximate surface area is 94.9 Å². The molecule has 0 radical (unpaired) electrons. The molecular formula is C12H17NO3. The summed E-state index contributed by atoms with van der Waals surface area (Å²) in [6, 6.07) is 0. The van der Waals surface area contributed by atoms with Gasteiger partial charge in [-0.1, -0.05) is 12.2 Å². The number of hydrogen-bond acceptors (Lipinski definition) is 3. The lowest BCUT2D eigenvalue weighted by molar-refractivity contribution is -0.140. The van der Waals surface area contributed by atoms with Crippen LogP contribution in [0.3, 0.4) is 0 Å². The average molecular weight is 223 g/mol. The van der Waals surface area contributed by atoms with E-state index in [9.17, 15) is 14.7 Å². The summed E-state index contributed by atoms with van der Waals surface area (Å²) in [4.78, 5) is 25.2. The van der Waals surface area contributed by atoms with Crippen molar-refractivity contribution < 1.29 is 14.7 Å². The predicted molar refractivity (Wildman–Crippen MR) is 58.4 cm³/mol. The number of fused-ring (bicyclic) bond motifs is 1. The van der Waals surface area contributed by atoms with Crippen LogP contribution in [0.15, 0.2) is 12.2 Å². The van der Waals surface area contributed by atoms with Gasteiger partial charge in [-0.15, -0.1) is 0 Å². The normalized spacial score (nSPS) is 30.8. The molecule has 1 aliphatic carbocycles. The first kappa shape index (κ1) is 11.3. The number of aliphatic hydroxyl groups excluding tert-OH is 1. The zero-order valence-electron chi connectivity index (χ0n) is 9.43. The molecule has 3 atom stereocenters. The number of aliphatic hydroxyl groups is 1. The maximum absolute atomic E-state index is 12.0. The first-order chi connectivity index (χ1) is 7.61. The molecule has 1 saturated heterocycles. The number of nitrogens with zero attached hydrogens (tertiary/aromatic N) is 1. The van der Waals surface area contributed by atoms with Gasteiger partial charge in [0.05, 0.1) is 17.9 Å². The molecule has 4 heteroatoms. The van der Waals surface area contributed by atoms with E-state index in [2.05, 4.69) is 0 Å². The van der Waals surface area contributed by atoms with Crippen LogP contribution in [0.25, 0.3) is 0 Å². The van der Waals surface area contributed by atoms with E-state index >= 15 is 0 Å². The third-order valence-corrected chi connectivity index (χ3v) is 3.37. The molecular weight excluding hydrogens is 206 g/mol. The maximum Gasteiger partial charge on any atom is 0.233 e. The number of carbonyl (C=O) groups is 2. The largest absolute Gasteiger partial charge is 0.393 e. The second kappa shape index (κ2) is 4.37. The number of likely N-dealkylation sites (tertiary alicyclic amines) is 1. The number of imide groups is 1. The summed E-state index contributed by atoms with van der Waals surface area (Å²) >= 11 is 0. The van der Waals surface area contributed by atoms with E-state index < -0.39 is 6.10 Å². The molecule has 16 heavy (non-hydrogen) atoms. The second-order valence-electron chi connectivity index (χ2n) is 4.62. The lowest BCUT2D eigenvalue weighted by Gasteiger charge is -2.15. The minimum absolute atomic E-state index is 0.0556. The quantitative estimate of drug-likeness (QED) is 0.566. The molecule has 1 heterocycles. The molecule has 1 aliphatic heterocycles. The number of hydrogen-bond donors (Lipinski definition) is 1. The highest BCUT2D eigenvalue weighted by Gasteiger charge is 2.46. The van der Waals surface area contributed by atoms with E-state index in [-0.39, 0.29) is 23.7 Å². The summed E-state index contributed by atoms with van der Waals surface area (Å²) < 4.78 is 0. The zero-order valence-corrected chi connectivity index (χ0v) is 9.43. The van der Waals surface area contributed by atoms with Crippen molar-refractivity contribution in [2.75, 3.05) is 6.54 Å². The first-order valence-corrected chi connectivity index (χ1v) is 5.79. The van der Waals surface area contributed by atoms with Gasteiger partial charge in [-0.3, -0.25) is 14.5 Å². The first-order valence-electron chi connectivity index (χ1n) is 5.79. The number of rotatable bonds is 3. The maximum atomic E-state index is 12.0. The lowest BCUT2D eigenvalue weighted by atomic mass is 9.85. The minimum Gasteiger partial charge on any atom is -0.393 e. The van der Waals surface area contributed by atoms with Gasteiger partial charge in [0.15, 0.2) is 0 Å². The van der Waals surface area contributed by atoms with E-state index in [1.807, 2.05) is 12.2 Å². The Morgan fingerprint density at radius 1 is 1.31 bits per heavy atom. The van der Waals surface area contributed by atoms with Crippen molar-refractivity contribution >= 4 is 11.8 Å². The highest BCUT2D eigenvalue weighted by molar-refractivity contribution is 6.05. The van der Waals surface area contributed by atoms with Crippen LogP contribution in [0, 0.1) is 11.8 Å². The van der Waals surface area contributed by atoms with Gasteiger partial charge in [0.25, 0.3) is 0 Å². The van der Waals surface area contributed by atoms with Gasteiger partial charge in [-0.2, -0.15) is 0 Å². The third-order valence-electron chi connectivity index (χ3n) is 3.37. The average Bonchev–Trinajstić information content (AvgIpc) is 2.50. The van der Waals surface area contributed by atoms with Crippen LogP contribution in [0.5, 0.6) is 0 Å². The number of amides is 2. The molecule has 0 aromatic rings. The van der Waals surface area contributed by atoms with Gasteiger partial charge in [-0.05, 0) is 26.2 Å². The molecule has 3 unspecified atom stereocenters. The smallest absolute Gasteiger partial charge is 0.233 e. The fraction of sp³-hybridized carbons (Fsp3) is 0.667. The van der Waals surface area contributed by atoms with Gasteiger partial charge in [0.2, 0.25) is 11.8 Å². The molecule has 0 aromatic carbocycles. The van der Waals surface area contributed by atoms with Crippen LogP contribution in [-0.4, -0.2) is 34.5 Å². The second-order valence-corrected chi connectivity index (χ2v) is 4.62.